The molecule has 6 heteroatoms. The van der Waals surface area contributed by atoms with Gasteiger partial charge in [0.05, 0.1) is 0 Å². The van der Waals surface area contributed by atoms with E-state index in [0.29, 0.717) is 29.0 Å². The standard InChI is InChI=1S/C23H46N4OS/c1-16(2)14-27(15-17(3)4)21(28)20(23(5,6)7)25-22(29)24-18-12-10-11-13-19(18)26(8)9/h16-20H,10-15H2,1-9H3,(H2,24,25,29)/t18-,19-,20-/m1/s1. The van der Waals surface area contributed by atoms with Crippen LogP contribution in [0.3, 0.4) is 0 Å². The molecule has 1 amide bonds. The molecule has 29 heavy (non-hydrogen) atoms. The molecule has 0 aliphatic heterocycles. The van der Waals surface area contributed by atoms with Crippen LogP contribution in [0.15, 0.2) is 0 Å². The van der Waals surface area contributed by atoms with E-state index < -0.39 is 0 Å². The third kappa shape index (κ3) is 8.79. The highest BCUT2D eigenvalue weighted by Crippen LogP contribution is 2.24. The van der Waals surface area contributed by atoms with Crippen LogP contribution in [0.5, 0.6) is 0 Å². The first-order valence-corrected chi connectivity index (χ1v) is 11.8. The molecule has 0 aromatic heterocycles. The summed E-state index contributed by atoms with van der Waals surface area (Å²) in [4.78, 5) is 17.8. The Labute approximate surface area is 185 Å². The predicted octanol–water partition coefficient (Wildman–Crippen LogP) is 3.88. The van der Waals surface area contributed by atoms with Gasteiger partial charge in [-0.3, -0.25) is 4.79 Å². The highest BCUT2D eigenvalue weighted by Gasteiger charge is 2.36. The van der Waals surface area contributed by atoms with Gasteiger partial charge in [0, 0.05) is 25.2 Å². The largest absolute Gasteiger partial charge is 0.358 e. The lowest BCUT2D eigenvalue weighted by Gasteiger charge is -2.40. The van der Waals surface area contributed by atoms with Crippen molar-refractivity contribution in [1.82, 2.24) is 20.4 Å². The Kier molecular flexibility index (Phi) is 10.4. The van der Waals surface area contributed by atoms with Gasteiger partial charge in [-0.05, 0) is 56.4 Å². The fourth-order valence-electron chi connectivity index (χ4n) is 4.21. The number of nitrogens with one attached hydrogen (secondary N) is 2. The van der Waals surface area contributed by atoms with Crippen molar-refractivity contribution in [2.45, 2.75) is 92.3 Å². The zero-order valence-corrected chi connectivity index (χ0v) is 21.2. The number of rotatable bonds is 8. The van der Waals surface area contributed by atoms with Gasteiger partial charge in [-0.1, -0.05) is 61.3 Å². The Morgan fingerprint density at radius 3 is 2.00 bits per heavy atom. The molecule has 0 heterocycles. The van der Waals surface area contributed by atoms with Gasteiger partial charge in [-0.2, -0.15) is 0 Å². The maximum atomic E-state index is 13.5. The van der Waals surface area contributed by atoms with Gasteiger partial charge in [0.15, 0.2) is 5.11 Å². The van der Waals surface area contributed by atoms with E-state index in [0.717, 1.165) is 19.5 Å². The monoisotopic (exact) mass is 426 g/mol. The van der Waals surface area contributed by atoms with Gasteiger partial charge in [0.1, 0.15) is 6.04 Å². The number of likely N-dealkylation sites (N-methyl/N-ethyl adjacent to an activating group) is 1. The highest BCUT2D eigenvalue weighted by atomic mass is 32.1. The van der Waals surface area contributed by atoms with Crippen molar-refractivity contribution in [2.24, 2.45) is 17.3 Å². The maximum Gasteiger partial charge on any atom is 0.245 e. The van der Waals surface area contributed by atoms with E-state index in [1.54, 1.807) is 0 Å². The number of hydrogen-bond donors (Lipinski definition) is 2. The van der Waals surface area contributed by atoms with Crippen LogP contribution >= 0.6 is 12.2 Å². The Balaban J connectivity index is 2.91. The average Bonchev–Trinajstić information content (AvgIpc) is 2.57. The molecule has 3 atom stereocenters. The van der Waals surface area contributed by atoms with E-state index in [4.69, 9.17) is 12.2 Å². The molecule has 0 bridgehead atoms. The second-order valence-corrected chi connectivity index (χ2v) is 11.3. The van der Waals surface area contributed by atoms with Crippen LogP contribution in [0, 0.1) is 17.3 Å². The van der Waals surface area contributed by atoms with Gasteiger partial charge < -0.3 is 20.4 Å². The summed E-state index contributed by atoms with van der Waals surface area (Å²) in [5.74, 6) is 1.02. The van der Waals surface area contributed by atoms with Gasteiger partial charge in [-0.25, -0.2) is 0 Å². The van der Waals surface area contributed by atoms with Crippen LogP contribution in [0.1, 0.15) is 74.1 Å². The summed E-state index contributed by atoms with van der Waals surface area (Å²) in [6.45, 7) is 16.5. The second kappa shape index (κ2) is 11.5. The summed E-state index contributed by atoms with van der Waals surface area (Å²) in [7, 11) is 4.27. The van der Waals surface area contributed by atoms with E-state index in [1.807, 2.05) is 4.90 Å². The lowest BCUT2D eigenvalue weighted by molar-refractivity contribution is -0.136. The van der Waals surface area contributed by atoms with Gasteiger partial charge in [-0.15, -0.1) is 0 Å². The average molecular weight is 427 g/mol. The molecule has 0 spiro atoms. The van der Waals surface area contributed by atoms with Crippen molar-refractivity contribution in [3.05, 3.63) is 0 Å². The molecule has 170 valence electrons. The Bertz CT molecular complexity index is 517. The summed E-state index contributed by atoms with van der Waals surface area (Å²) in [5.41, 5.74) is -0.234. The smallest absolute Gasteiger partial charge is 0.245 e. The Hall–Kier alpha value is -0.880. The summed E-state index contributed by atoms with van der Waals surface area (Å²) in [6, 6.07) is 0.462. The third-order valence-electron chi connectivity index (χ3n) is 5.58. The Morgan fingerprint density at radius 2 is 1.55 bits per heavy atom. The summed E-state index contributed by atoms with van der Waals surface area (Å²) < 4.78 is 0. The van der Waals surface area contributed by atoms with Crippen LogP contribution in [-0.2, 0) is 4.79 Å². The maximum absolute atomic E-state index is 13.5. The molecular formula is C23H46N4OS. The molecule has 2 N–H and O–H groups in total. The summed E-state index contributed by atoms with van der Waals surface area (Å²) >= 11 is 5.69. The minimum atomic E-state index is -0.346. The molecule has 0 aromatic rings. The van der Waals surface area contributed by atoms with E-state index in [1.165, 1.54) is 19.3 Å². The summed E-state index contributed by atoms with van der Waals surface area (Å²) in [6.07, 6.45) is 4.80. The number of amides is 1. The van der Waals surface area contributed by atoms with Crippen molar-refractivity contribution in [3.63, 3.8) is 0 Å². The quantitative estimate of drug-likeness (QED) is 0.577. The number of hydrogen-bond acceptors (Lipinski definition) is 3. The number of nitrogens with zero attached hydrogens (tertiary/aromatic N) is 2. The van der Waals surface area contributed by atoms with Crippen molar-refractivity contribution >= 4 is 23.2 Å². The van der Waals surface area contributed by atoms with E-state index in [9.17, 15) is 4.79 Å². The SMILES string of the molecule is CC(C)CN(CC(C)C)C(=O)[C@@H](NC(=S)N[C@@H]1CCCC[C@H]1N(C)C)C(C)(C)C. The fourth-order valence-corrected chi connectivity index (χ4v) is 4.48. The minimum Gasteiger partial charge on any atom is -0.358 e. The topological polar surface area (TPSA) is 47.6 Å². The highest BCUT2D eigenvalue weighted by molar-refractivity contribution is 7.80. The molecule has 0 saturated heterocycles. The zero-order chi connectivity index (χ0) is 22.4. The predicted molar refractivity (Wildman–Crippen MR) is 128 cm³/mol. The number of carbonyl (C=O) groups excluding carboxylic acids is 1. The van der Waals surface area contributed by atoms with E-state index in [-0.39, 0.29) is 17.4 Å². The molecule has 5 nitrogen and oxygen atoms in total. The fraction of sp³-hybridized carbons (Fsp3) is 0.913. The van der Waals surface area contributed by atoms with E-state index in [2.05, 4.69) is 78.1 Å². The first kappa shape index (κ1) is 26.2. The van der Waals surface area contributed by atoms with Gasteiger partial charge in [0.2, 0.25) is 5.91 Å². The zero-order valence-electron chi connectivity index (χ0n) is 20.3. The molecule has 1 rings (SSSR count). The molecule has 1 fully saturated rings. The summed E-state index contributed by atoms with van der Waals surface area (Å²) in [5, 5.41) is 7.54. The molecule has 0 unspecified atom stereocenters. The van der Waals surface area contributed by atoms with Crippen molar-refractivity contribution < 1.29 is 4.79 Å². The number of carbonyl (C=O) groups is 1. The van der Waals surface area contributed by atoms with Crippen LogP contribution in [0.2, 0.25) is 0 Å². The van der Waals surface area contributed by atoms with Gasteiger partial charge in [0.25, 0.3) is 0 Å². The first-order chi connectivity index (χ1) is 13.3. The molecule has 0 aromatic carbocycles. The molecule has 1 saturated carbocycles. The minimum absolute atomic E-state index is 0.150. The normalized spacial score (nSPS) is 21.4. The van der Waals surface area contributed by atoms with Gasteiger partial charge >= 0.3 is 0 Å². The van der Waals surface area contributed by atoms with Crippen LogP contribution < -0.4 is 10.6 Å². The van der Waals surface area contributed by atoms with E-state index >= 15 is 0 Å². The second-order valence-electron chi connectivity index (χ2n) is 10.9. The lowest BCUT2D eigenvalue weighted by atomic mass is 9.85. The number of thiocarbonyl (C=S) groups is 1. The van der Waals surface area contributed by atoms with Crippen molar-refractivity contribution in [2.75, 3.05) is 27.2 Å². The van der Waals surface area contributed by atoms with Crippen molar-refractivity contribution in [1.29, 1.82) is 0 Å². The third-order valence-corrected chi connectivity index (χ3v) is 5.82. The molecular weight excluding hydrogens is 380 g/mol. The van der Waals surface area contributed by atoms with Crippen LogP contribution in [0.25, 0.3) is 0 Å². The molecule has 0 radical (unpaired) electrons. The van der Waals surface area contributed by atoms with Crippen LogP contribution in [0.4, 0.5) is 0 Å². The molecule has 1 aliphatic rings. The molecule has 1 aliphatic carbocycles. The van der Waals surface area contributed by atoms with Crippen LogP contribution in [-0.4, -0.2) is 66.1 Å². The Morgan fingerprint density at radius 1 is 1.03 bits per heavy atom. The first-order valence-electron chi connectivity index (χ1n) is 11.3. The lowest BCUT2D eigenvalue weighted by Crippen LogP contribution is -2.60. The van der Waals surface area contributed by atoms with Crippen molar-refractivity contribution in [3.8, 4) is 0 Å².